The van der Waals surface area contributed by atoms with Crippen molar-refractivity contribution in [1.29, 1.82) is 0 Å². The van der Waals surface area contributed by atoms with Gasteiger partial charge in [0.2, 0.25) is 5.91 Å². The van der Waals surface area contributed by atoms with Crippen LogP contribution in [-0.4, -0.2) is 44.4 Å². The average Bonchev–Trinajstić information content (AvgIpc) is 2.92. The van der Waals surface area contributed by atoms with Crippen LogP contribution < -0.4 is 19.5 Å². The molecule has 1 aromatic rings. The summed E-state index contributed by atoms with van der Waals surface area (Å²) in [6.45, 7) is 0. The molecule has 1 saturated heterocycles. The Hall–Kier alpha value is -2.22. The molecule has 0 bridgehead atoms. The zero-order valence-corrected chi connectivity index (χ0v) is 12.7. The summed E-state index contributed by atoms with van der Waals surface area (Å²) in [6.07, 6.45) is 1.53. The average molecular weight is 309 g/mol. The maximum Gasteiger partial charge on any atom is 0.236 e. The monoisotopic (exact) mass is 309 g/mol. The number of nitrogens with one attached hydrogen (secondary N) is 1. The van der Waals surface area contributed by atoms with Gasteiger partial charge in [0.1, 0.15) is 5.75 Å². The number of carbonyl (C=O) groups excluding carboxylic acids is 1. The summed E-state index contributed by atoms with van der Waals surface area (Å²) in [5.41, 5.74) is 0.689. The maximum absolute atomic E-state index is 11.0. The van der Waals surface area contributed by atoms with Crippen LogP contribution in [0, 0.1) is 0 Å². The van der Waals surface area contributed by atoms with Gasteiger partial charge in [0.05, 0.1) is 33.3 Å². The molecule has 8 heteroatoms. The van der Waals surface area contributed by atoms with Crippen LogP contribution in [0.25, 0.3) is 0 Å². The first-order valence-electron chi connectivity index (χ1n) is 6.01. The minimum atomic E-state index is -0.0716. The Kier molecular flexibility index (Phi) is 5.04. The van der Waals surface area contributed by atoms with E-state index in [0.717, 1.165) is 0 Å². The fourth-order valence-corrected chi connectivity index (χ4v) is 2.31. The van der Waals surface area contributed by atoms with Crippen LogP contribution in [0.3, 0.4) is 0 Å². The molecule has 112 valence electrons. The summed E-state index contributed by atoms with van der Waals surface area (Å²) in [5, 5.41) is 11.0. The van der Waals surface area contributed by atoms with Crippen molar-refractivity contribution >= 4 is 29.1 Å². The molecule has 0 radical (unpaired) electrons. The molecule has 1 aliphatic rings. The fraction of sp³-hybridized carbons (Fsp3) is 0.308. The van der Waals surface area contributed by atoms with Gasteiger partial charge in [-0.3, -0.25) is 4.79 Å². The van der Waals surface area contributed by atoms with Crippen LogP contribution in [0.5, 0.6) is 17.2 Å². The SMILES string of the molecule is COc1cc(OC)c(OC)cc1C=NN=C1NC(=O)CS1. The van der Waals surface area contributed by atoms with Crippen molar-refractivity contribution in [2.45, 2.75) is 0 Å². The number of ether oxygens (including phenoxy) is 3. The number of thioether (sulfide) groups is 1. The van der Waals surface area contributed by atoms with Crippen molar-refractivity contribution in [3.05, 3.63) is 17.7 Å². The van der Waals surface area contributed by atoms with Gasteiger partial charge in [-0.25, -0.2) is 0 Å². The lowest BCUT2D eigenvalue weighted by Gasteiger charge is -2.11. The van der Waals surface area contributed by atoms with Crippen molar-refractivity contribution < 1.29 is 19.0 Å². The summed E-state index contributed by atoms with van der Waals surface area (Å²) in [7, 11) is 4.66. The molecule has 0 atom stereocenters. The standard InChI is InChI=1S/C13H15N3O4S/c1-18-9-5-11(20-3)10(19-2)4-8(9)6-14-16-13-15-12(17)7-21-13/h4-6H,7H2,1-3H3,(H,15,16,17). The topological polar surface area (TPSA) is 81.5 Å². The van der Waals surface area contributed by atoms with Gasteiger partial charge in [-0.1, -0.05) is 11.8 Å². The Morgan fingerprint density at radius 1 is 1.14 bits per heavy atom. The van der Waals surface area contributed by atoms with E-state index in [1.54, 1.807) is 33.5 Å². The molecule has 0 unspecified atom stereocenters. The highest BCUT2D eigenvalue weighted by atomic mass is 32.2. The van der Waals surface area contributed by atoms with Gasteiger partial charge < -0.3 is 19.5 Å². The lowest BCUT2D eigenvalue weighted by molar-refractivity contribution is -0.116. The van der Waals surface area contributed by atoms with E-state index in [1.807, 2.05) is 0 Å². The smallest absolute Gasteiger partial charge is 0.236 e. The highest BCUT2D eigenvalue weighted by Crippen LogP contribution is 2.33. The molecule has 1 N–H and O–H groups in total. The van der Waals surface area contributed by atoms with E-state index in [2.05, 4.69) is 15.5 Å². The summed E-state index contributed by atoms with van der Waals surface area (Å²) in [4.78, 5) is 11.0. The third kappa shape index (κ3) is 3.66. The molecule has 0 spiro atoms. The van der Waals surface area contributed by atoms with Gasteiger partial charge in [0.15, 0.2) is 16.7 Å². The van der Waals surface area contributed by atoms with Crippen molar-refractivity contribution in [2.75, 3.05) is 27.1 Å². The van der Waals surface area contributed by atoms with Crippen LogP contribution in [0.4, 0.5) is 0 Å². The van der Waals surface area contributed by atoms with Crippen molar-refractivity contribution in [2.24, 2.45) is 10.2 Å². The second-order valence-electron chi connectivity index (χ2n) is 3.94. The first-order chi connectivity index (χ1) is 10.2. The molecule has 0 aromatic heterocycles. The Balaban J connectivity index is 2.24. The predicted octanol–water partition coefficient (Wildman–Crippen LogP) is 1.27. The molecule has 1 heterocycles. The van der Waals surface area contributed by atoms with E-state index in [1.165, 1.54) is 18.0 Å². The molecule has 1 aliphatic heterocycles. The lowest BCUT2D eigenvalue weighted by atomic mass is 10.2. The molecule has 0 saturated carbocycles. The predicted molar refractivity (Wildman–Crippen MR) is 81.7 cm³/mol. The zero-order valence-electron chi connectivity index (χ0n) is 11.9. The van der Waals surface area contributed by atoms with Crippen molar-refractivity contribution in [1.82, 2.24) is 5.32 Å². The second kappa shape index (κ2) is 6.98. The second-order valence-corrected chi connectivity index (χ2v) is 4.90. The molecule has 21 heavy (non-hydrogen) atoms. The number of methoxy groups -OCH3 is 3. The summed E-state index contributed by atoms with van der Waals surface area (Å²) in [5.74, 6) is 2.01. The van der Waals surface area contributed by atoms with Crippen LogP contribution in [0.1, 0.15) is 5.56 Å². The fourth-order valence-electron chi connectivity index (χ4n) is 1.68. The molecule has 2 rings (SSSR count). The number of hydrogen-bond acceptors (Lipinski definition) is 7. The number of nitrogens with zero attached hydrogens (tertiary/aromatic N) is 2. The van der Waals surface area contributed by atoms with Crippen LogP contribution in [-0.2, 0) is 4.79 Å². The summed E-state index contributed by atoms with van der Waals surface area (Å²) >= 11 is 1.31. The van der Waals surface area contributed by atoms with Gasteiger partial charge in [0, 0.05) is 11.6 Å². The van der Waals surface area contributed by atoms with Gasteiger partial charge in [0.25, 0.3) is 0 Å². The third-order valence-electron chi connectivity index (χ3n) is 2.67. The number of amides is 1. The number of benzene rings is 1. The van der Waals surface area contributed by atoms with E-state index in [-0.39, 0.29) is 5.91 Å². The van der Waals surface area contributed by atoms with E-state index >= 15 is 0 Å². The minimum Gasteiger partial charge on any atom is -0.496 e. The van der Waals surface area contributed by atoms with E-state index < -0.39 is 0 Å². The number of amidine groups is 1. The minimum absolute atomic E-state index is 0.0716. The molecular formula is C13H15N3O4S. The van der Waals surface area contributed by atoms with Crippen LogP contribution in [0.15, 0.2) is 22.3 Å². The molecular weight excluding hydrogens is 294 g/mol. The number of carbonyl (C=O) groups is 1. The summed E-state index contributed by atoms with van der Waals surface area (Å²) in [6, 6.07) is 3.45. The van der Waals surface area contributed by atoms with Crippen LogP contribution >= 0.6 is 11.8 Å². The van der Waals surface area contributed by atoms with Crippen LogP contribution in [0.2, 0.25) is 0 Å². The highest BCUT2D eigenvalue weighted by molar-refractivity contribution is 8.15. The summed E-state index contributed by atoms with van der Waals surface area (Å²) < 4.78 is 15.7. The van der Waals surface area contributed by atoms with E-state index in [9.17, 15) is 4.79 Å². The Bertz CT molecular complexity index is 601. The largest absolute Gasteiger partial charge is 0.496 e. The van der Waals surface area contributed by atoms with Gasteiger partial charge in [-0.15, -0.1) is 5.10 Å². The molecule has 7 nitrogen and oxygen atoms in total. The molecule has 0 aliphatic carbocycles. The highest BCUT2D eigenvalue weighted by Gasteiger charge is 2.16. The lowest BCUT2D eigenvalue weighted by Crippen LogP contribution is -2.19. The Morgan fingerprint density at radius 3 is 2.38 bits per heavy atom. The Morgan fingerprint density at radius 2 is 1.81 bits per heavy atom. The van der Waals surface area contributed by atoms with Gasteiger partial charge >= 0.3 is 0 Å². The number of hydrogen-bond donors (Lipinski definition) is 1. The first kappa shape index (κ1) is 15.2. The van der Waals surface area contributed by atoms with Crippen molar-refractivity contribution in [3.63, 3.8) is 0 Å². The Labute approximate surface area is 126 Å². The molecule has 1 amide bonds. The van der Waals surface area contributed by atoms with Gasteiger partial charge in [-0.2, -0.15) is 5.10 Å². The first-order valence-corrected chi connectivity index (χ1v) is 7.00. The zero-order chi connectivity index (χ0) is 15.2. The maximum atomic E-state index is 11.0. The van der Waals surface area contributed by atoms with E-state index in [4.69, 9.17) is 14.2 Å². The molecule has 1 aromatic carbocycles. The molecule has 1 fully saturated rings. The number of rotatable bonds is 5. The normalized spacial score (nSPS) is 16.3. The quantitative estimate of drug-likeness (QED) is 0.654. The van der Waals surface area contributed by atoms with Crippen molar-refractivity contribution in [3.8, 4) is 17.2 Å². The third-order valence-corrected chi connectivity index (χ3v) is 3.53. The van der Waals surface area contributed by atoms with Gasteiger partial charge in [-0.05, 0) is 6.07 Å². The van der Waals surface area contributed by atoms with E-state index in [0.29, 0.717) is 33.7 Å².